The summed E-state index contributed by atoms with van der Waals surface area (Å²) in [5.41, 5.74) is 6.98. The second kappa shape index (κ2) is 8.35. The fourth-order valence-corrected chi connectivity index (χ4v) is 2.16. The maximum atomic E-state index is 11.7. The Kier molecular flexibility index (Phi) is 6.17. The van der Waals surface area contributed by atoms with E-state index in [4.69, 9.17) is 4.74 Å². The molecule has 120 valence electrons. The van der Waals surface area contributed by atoms with Crippen LogP contribution in [0.1, 0.15) is 25.3 Å². The van der Waals surface area contributed by atoms with Crippen molar-refractivity contribution in [1.29, 1.82) is 0 Å². The van der Waals surface area contributed by atoms with E-state index in [0.717, 1.165) is 18.4 Å². The van der Waals surface area contributed by atoms with Gasteiger partial charge in [-0.25, -0.2) is 10.2 Å². The Balaban J connectivity index is 1.60. The fraction of sp³-hybridized carbons (Fsp3) is 0.467. The van der Waals surface area contributed by atoms with Crippen LogP contribution in [0.25, 0.3) is 0 Å². The normalized spacial score (nSPS) is 20.4. The van der Waals surface area contributed by atoms with Gasteiger partial charge < -0.3 is 15.4 Å². The maximum Gasteiger partial charge on any atom is 0.407 e. The van der Waals surface area contributed by atoms with Crippen LogP contribution in [0.2, 0.25) is 0 Å². The van der Waals surface area contributed by atoms with Crippen molar-refractivity contribution < 1.29 is 14.3 Å². The zero-order valence-corrected chi connectivity index (χ0v) is 12.6. The van der Waals surface area contributed by atoms with E-state index in [2.05, 4.69) is 28.4 Å². The third-order valence-electron chi connectivity index (χ3n) is 3.42. The van der Waals surface area contributed by atoms with Crippen molar-refractivity contribution in [3.8, 4) is 0 Å². The SMILES string of the molecule is CCC1CC(NC(=O)CNC(=O)OCc2ccccc2)NN1. The predicted octanol–water partition coefficient (Wildman–Crippen LogP) is 0.632. The van der Waals surface area contributed by atoms with Crippen molar-refractivity contribution >= 4 is 12.0 Å². The van der Waals surface area contributed by atoms with Crippen LogP contribution in [0, 0.1) is 0 Å². The van der Waals surface area contributed by atoms with E-state index in [1.54, 1.807) is 0 Å². The first kappa shape index (κ1) is 16.3. The highest BCUT2D eigenvalue weighted by molar-refractivity contribution is 5.82. The van der Waals surface area contributed by atoms with Crippen LogP contribution in [0.3, 0.4) is 0 Å². The van der Waals surface area contributed by atoms with Gasteiger partial charge >= 0.3 is 6.09 Å². The Hall–Kier alpha value is -2.12. The molecule has 1 aromatic rings. The van der Waals surface area contributed by atoms with Gasteiger partial charge in [0, 0.05) is 6.04 Å². The highest BCUT2D eigenvalue weighted by Gasteiger charge is 2.23. The smallest absolute Gasteiger partial charge is 0.407 e. The van der Waals surface area contributed by atoms with Crippen LogP contribution in [-0.4, -0.2) is 30.8 Å². The van der Waals surface area contributed by atoms with Gasteiger partial charge in [0.25, 0.3) is 0 Å². The molecule has 4 N–H and O–H groups in total. The third-order valence-corrected chi connectivity index (χ3v) is 3.42. The molecule has 0 aromatic heterocycles. The van der Waals surface area contributed by atoms with Crippen molar-refractivity contribution in [1.82, 2.24) is 21.5 Å². The Bertz CT molecular complexity index is 495. The number of hydrazine groups is 1. The number of nitrogens with one attached hydrogen (secondary N) is 4. The summed E-state index contributed by atoms with van der Waals surface area (Å²) in [6.45, 7) is 2.15. The van der Waals surface area contributed by atoms with Crippen LogP contribution in [0.4, 0.5) is 4.79 Å². The average Bonchev–Trinajstić information content (AvgIpc) is 2.99. The molecule has 2 rings (SSSR count). The first-order valence-electron chi connectivity index (χ1n) is 7.42. The topological polar surface area (TPSA) is 91.5 Å². The van der Waals surface area contributed by atoms with Gasteiger partial charge in [-0.1, -0.05) is 37.3 Å². The number of hydrogen-bond donors (Lipinski definition) is 4. The molecule has 2 amide bonds. The average molecular weight is 306 g/mol. The lowest BCUT2D eigenvalue weighted by atomic mass is 10.1. The Labute approximate surface area is 129 Å². The maximum absolute atomic E-state index is 11.7. The lowest BCUT2D eigenvalue weighted by Crippen LogP contribution is -2.47. The number of amides is 2. The fourth-order valence-electron chi connectivity index (χ4n) is 2.16. The second-order valence-corrected chi connectivity index (χ2v) is 5.16. The summed E-state index contributed by atoms with van der Waals surface area (Å²) < 4.78 is 5.02. The van der Waals surface area contributed by atoms with Gasteiger partial charge in [0.1, 0.15) is 13.2 Å². The lowest BCUT2D eigenvalue weighted by molar-refractivity contribution is -0.121. The largest absolute Gasteiger partial charge is 0.445 e. The Morgan fingerprint density at radius 1 is 1.27 bits per heavy atom. The summed E-state index contributed by atoms with van der Waals surface area (Å²) >= 11 is 0. The number of hydrogen-bond acceptors (Lipinski definition) is 5. The van der Waals surface area contributed by atoms with Gasteiger partial charge in [-0.3, -0.25) is 10.2 Å². The molecule has 7 nitrogen and oxygen atoms in total. The van der Waals surface area contributed by atoms with E-state index >= 15 is 0 Å². The number of carbonyl (C=O) groups is 2. The molecule has 22 heavy (non-hydrogen) atoms. The van der Waals surface area contributed by atoms with Gasteiger partial charge in [-0.2, -0.15) is 0 Å². The molecule has 7 heteroatoms. The standard InChI is InChI=1S/C15H22N4O3/c1-2-12-8-13(19-18-12)17-14(20)9-16-15(21)22-10-11-6-4-3-5-7-11/h3-7,12-13,18-19H,2,8-10H2,1H3,(H,16,21)(H,17,20). The van der Waals surface area contributed by atoms with Gasteiger partial charge in [-0.05, 0) is 18.4 Å². The van der Waals surface area contributed by atoms with Crippen molar-refractivity contribution in [3.05, 3.63) is 35.9 Å². The first-order chi connectivity index (χ1) is 10.7. The number of alkyl carbamates (subject to hydrolysis) is 1. The van der Waals surface area contributed by atoms with Crippen LogP contribution in [0.5, 0.6) is 0 Å². The summed E-state index contributed by atoms with van der Waals surface area (Å²) in [4.78, 5) is 23.2. The zero-order chi connectivity index (χ0) is 15.8. The molecule has 0 spiro atoms. The molecule has 0 radical (unpaired) electrons. The molecule has 1 saturated heterocycles. The first-order valence-corrected chi connectivity index (χ1v) is 7.42. The molecule has 1 aliphatic heterocycles. The summed E-state index contributed by atoms with van der Waals surface area (Å²) in [5.74, 6) is -0.257. The van der Waals surface area contributed by atoms with E-state index in [1.165, 1.54) is 0 Å². The van der Waals surface area contributed by atoms with E-state index in [-0.39, 0.29) is 25.2 Å². The third kappa shape index (κ3) is 5.34. The van der Waals surface area contributed by atoms with E-state index in [1.807, 2.05) is 30.3 Å². The van der Waals surface area contributed by atoms with Gasteiger partial charge in [0.15, 0.2) is 0 Å². The highest BCUT2D eigenvalue weighted by Crippen LogP contribution is 2.05. The number of benzene rings is 1. The van der Waals surface area contributed by atoms with Gasteiger partial charge in [0.05, 0.1) is 6.17 Å². The van der Waals surface area contributed by atoms with Crippen molar-refractivity contribution in [2.45, 2.75) is 38.6 Å². The quantitative estimate of drug-likeness (QED) is 0.619. The monoisotopic (exact) mass is 306 g/mol. The van der Waals surface area contributed by atoms with Crippen LogP contribution in [0.15, 0.2) is 30.3 Å². The molecule has 1 fully saturated rings. The van der Waals surface area contributed by atoms with Gasteiger partial charge in [-0.15, -0.1) is 0 Å². The predicted molar refractivity (Wildman–Crippen MR) is 81.5 cm³/mol. The molecule has 0 saturated carbocycles. The minimum absolute atomic E-state index is 0.109. The van der Waals surface area contributed by atoms with E-state index < -0.39 is 6.09 Å². The highest BCUT2D eigenvalue weighted by atomic mass is 16.5. The molecule has 0 aliphatic carbocycles. The molecule has 1 heterocycles. The molecule has 1 aliphatic rings. The van der Waals surface area contributed by atoms with E-state index in [0.29, 0.717) is 6.04 Å². The minimum atomic E-state index is -0.608. The summed E-state index contributed by atoms with van der Waals surface area (Å²) in [6, 6.07) is 9.72. The van der Waals surface area contributed by atoms with Gasteiger partial charge in [0.2, 0.25) is 5.91 Å². The molecule has 2 unspecified atom stereocenters. The summed E-state index contributed by atoms with van der Waals surface area (Å²) in [6.07, 6.45) is 1.09. The second-order valence-electron chi connectivity index (χ2n) is 5.16. The lowest BCUT2D eigenvalue weighted by Gasteiger charge is -2.12. The number of rotatable bonds is 6. The minimum Gasteiger partial charge on any atom is -0.445 e. The van der Waals surface area contributed by atoms with Crippen molar-refractivity contribution in [3.63, 3.8) is 0 Å². The van der Waals surface area contributed by atoms with Crippen LogP contribution >= 0.6 is 0 Å². The van der Waals surface area contributed by atoms with Crippen molar-refractivity contribution in [2.24, 2.45) is 0 Å². The summed E-state index contributed by atoms with van der Waals surface area (Å²) in [7, 11) is 0. The number of carbonyl (C=O) groups excluding carboxylic acids is 2. The summed E-state index contributed by atoms with van der Waals surface area (Å²) in [5, 5.41) is 5.22. The number of ether oxygens (including phenoxy) is 1. The Morgan fingerprint density at radius 2 is 2.05 bits per heavy atom. The molecular weight excluding hydrogens is 284 g/mol. The molecule has 2 atom stereocenters. The van der Waals surface area contributed by atoms with E-state index in [9.17, 15) is 9.59 Å². The van der Waals surface area contributed by atoms with Crippen LogP contribution in [-0.2, 0) is 16.1 Å². The zero-order valence-electron chi connectivity index (χ0n) is 12.6. The van der Waals surface area contributed by atoms with Crippen LogP contribution < -0.4 is 21.5 Å². The molecule has 0 bridgehead atoms. The Morgan fingerprint density at radius 3 is 2.73 bits per heavy atom. The van der Waals surface area contributed by atoms with Crippen molar-refractivity contribution in [2.75, 3.05) is 6.54 Å². The molecule has 1 aromatic carbocycles. The molecular formula is C15H22N4O3.